The van der Waals surface area contributed by atoms with Crippen molar-refractivity contribution < 1.29 is 0 Å². The van der Waals surface area contributed by atoms with E-state index in [2.05, 4.69) is 47.7 Å². The fourth-order valence-corrected chi connectivity index (χ4v) is 3.23. The first-order valence-corrected chi connectivity index (χ1v) is 9.14. The van der Waals surface area contributed by atoms with Gasteiger partial charge in [-0.05, 0) is 38.1 Å². The second-order valence-electron chi connectivity index (χ2n) is 6.66. The number of hydrogen-bond donors (Lipinski definition) is 1. The highest BCUT2D eigenvalue weighted by Crippen LogP contribution is 2.20. The van der Waals surface area contributed by atoms with Crippen LogP contribution in [-0.2, 0) is 6.54 Å². The molecule has 0 aliphatic carbocycles. The van der Waals surface area contributed by atoms with Crippen molar-refractivity contribution in [3.8, 4) is 11.4 Å². The summed E-state index contributed by atoms with van der Waals surface area (Å²) in [6, 6.07) is 20.6. The molecule has 1 N–H and O–H groups in total. The van der Waals surface area contributed by atoms with Crippen molar-refractivity contribution in [3.63, 3.8) is 0 Å². The zero-order valence-corrected chi connectivity index (χ0v) is 15.6. The lowest BCUT2D eigenvalue weighted by Gasteiger charge is -2.13. The Morgan fingerprint density at radius 2 is 1.56 bits per heavy atom. The fraction of sp³-hybridized carbons (Fsp3) is 0.182. The third kappa shape index (κ3) is 3.68. The summed E-state index contributed by atoms with van der Waals surface area (Å²) < 4.78 is 3.89. The van der Waals surface area contributed by atoms with Crippen molar-refractivity contribution in [2.24, 2.45) is 0 Å². The smallest absolute Gasteiger partial charge is 0.0648 e. The molecule has 5 heteroatoms. The average molecular weight is 357 g/mol. The molecule has 1 unspecified atom stereocenters. The Balaban J connectivity index is 1.44. The molecule has 2 aromatic heterocycles. The van der Waals surface area contributed by atoms with E-state index in [-0.39, 0.29) is 6.04 Å². The molecule has 27 heavy (non-hydrogen) atoms. The quantitative estimate of drug-likeness (QED) is 0.562. The third-order valence-corrected chi connectivity index (χ3v) is 4.78. The SMILES string of the molecule is Cc1c(C(C)NCc2cnn(-c3ccccc3)c2)cnn1-c1ccccc1. The van der Waals surface area contributed by atoms with Crippen LogP contribution < -0.4 is 5.32 Å². The van der Waals surface area contributed by atoms with E-state index < -0.39 is 0 Å². The van der Waals surface area contributed by atoms with E-state index >= 15 is 0 Å². The van der Waals surface area contributed by atoms with Gasteiger partial charge in [0.15, 0.2) is 0 Å². The molecule has 0 spiro atoms. The summed E-state index contributed by atoms with van der Waals surface area (Å²) in [7, 11) is 0. The molecule has 0 bridgehead atoms. The first-order chi connectivity index (χ1) is 13.2. The van der Waals surface area contributed by atoms with Crippen molar-refractivity contribution in [1.82, 2.24) is 24.9 Å². The minimum Gasteiger partial charge on any atom is -0.306 e. The highest BCUT2D eigenvalue weighted by Gasteiger charge is 2.14. The van der Waals surface area contributed by atoms with Gasteiger partial charge >= 0.3 is 0 Å². The first-order valence-electron chi connectivity index (χ1n) is 9.14. The number of aromatic nitrogens is 4. The molecule has 2 heterocycles. The molecule has 5 nitrogen and oxygen atoms in total. The molecule has 0 amide bonds. The Bertz CT molecular complexity index is 1000. The lowest BCUT2D eigenvalue weighted by atomic mass is 10.1. The molecular formula is C22H23N5. The van der Waals surface area contributed by atoms with Gasteiger partial charge in [0.2, 0.25) is 0 Å². The summed E-state index contributed by atoms with van der Waals surface area (Å²) in [6.45, 7) is 5.03. The van der Waals surface area contributed by atoms with Gasteiger partial charge in [-0.3, -0.25) is 0 Å². The minimum absolute atomic E-state index is 0.197. The Morgan fingerprint density at radius 1 is 0.889 bits per heavy atom. The lowest BCUT2D eigenvalue weighted by Crippen LogP contribution is -2.18. The number of rotatable bonds is 6. The standard InChI is InChI=1S/C22H23N5/c1-17(22-15-25-27(18(22)2)21-11-7-4-8-12-21)23-13-19-14-24-26(16-19)20-9-5-3-6-10-20/h3-12,14-17,23H,13H2,1-2H3. The van der Waals surface area contributed by atoms with Crippen LogP contribution in [0, 0.1) is 6.92 Å². The zero-order valence-electron chi connectivity index (χ0n) is 15.6. The predicted octanol–water partition coefficient (Wildman–Crippen LogP) is 4.22. The van der Waals surface area contributed by atoms with E-state index in [9.17, 15) is 0 Å². The summed E-state index contributed by atoms with van der Waals surface area (Å²) in [6.07, 6.45) is 5.93. The lowest BCUT2D eigenvalue weighted by molar-refractivity contribution is 0.571. The molecule has 1 atom stereocenters. The molecule has 0 saturated heterocycles. The predicted molar refractivity (Wildman–Crippen MR) is 107 cm³/mol. The summed E-state index contributed by atoms with van der Waals surface area (Å²) in [4.78, 5) is 0. The fourth-order valence-electron chi connectivity index (χ4n) is 3.23. The number of nitrogens with zero attached hydrogens (tertiary/aromatic N) is 4. The Hall–Kier alpha value is -3.18. The average Bonchev–Trinajstić information content (AvgIpc) is 3.34. The molecule has 0 aliphatic heterocycles. The van der Waals surface area contributed by atoms with Crippen molar-refractivity contribution >= 4 is 0 Å². The van der Waals surface area contributed by atoms with E-state index in [4.69, 9.17) is 0 Å². The van der Waals surface area contributed by atoms with Gasteiger partial charge in [0.05, 0.1) is 23.8 Å². The van der Waals surface area contributed by atoms with Crippen LogP contribution in [0.1, 0.15) is 29.8 Å². The van der Waals surface area contributed by atoms with E-state index in [1.807, 2.05) is 70.3 Å². The van der Waals surface area contributed by atoms with Crippen LogP contribution >= 0.6 is 0 Å². The van der Waals surface area contributed by atoms with Gasteiger partial charge < -0.3 is 5.32 Å². The number of benzene rings is 2. The number of para-hydroxylation sites is 2. The highest BCUT2D eigenvalue weighted by atomic mass is 15.3. The zero-order chi connectivity index (χ0) is 18.6. The van der Waals surface area contributed by atoms with Crippen LogP contribution in [0.2, 0.25) is 0 Å². The normalized spacial score (nSPS) is 12.2. The Kier molecular flexibility index (Phi) is 4.85. The van der Waals surface area contributed by atoms with Crippen molar-refractivity contribution in [2.45, 2.75) is 26.4 Å². The van der Waals surface area contributed by atoms with Gasteiger partial charge in [-0.25, -0.2) is 9.36 Å². The summed E-state index contributed by atoms with van der Waals surface area (Å²) >= 11 is 0. The van der Waals surface area contributed by atoms with E-state index in [0.717, 1.165) is 29.2 Å². The van der Waals surface area contributed by atoms with Gasteiger partial charge in [0, 0.05) is 35.6 Å². The number of hydrogen-bond acceptors (Lipinski definition) is 3. The molecule has 0 radical (unpaired) electrons. The maximum absolute atomic E-state index is 4.57. The topological polar surface area (TPSA) is 47.7 Å². The highest BCUT2D eigenvalue weighted by molar-refractivity contribution is 5.35. The maximum Gasteiger partial charge on any atom is 0.0648 e. The molecule has 0 fully saturated rings. The summed E-state index contributed by atoms with van der Waals surface area (Å²) in [5, 5.41) is 12.6. The molecule has 0 saturated carbocycles. The second-order valence-corrected chi connectivity index (χ2v) is 6.66. The van der Waals surface area contributed by atoms with Gasteiger partial charge in [0.1, 0.15) is 0 Å². The second kappa shape index (κ2) is 7.60. The van der Waals surface area contributed by atoms with Crippen molar-refractivity contribution in [1.29, 1.82) is 0 Å². The molecule has 4 aromatic rings. The molecular weight excluding hydrogens is 334 g/mol. The minimum atomic E-state index is 0.197. The van der Waals surface area contributed by atoms with Crippen LogP contribution in [0.4, 0.5) is 0 Å². The summed E-state index contributed by atoms with van der Waals surface area (Å²) in [5.41, 5.74) is 5.66. The van der Waals surface area contributed by atoms with E-state index in [0.29, 0.717) is 0 Å². The van der Waals surface area contributed by atoms with Crippen molar-refractivity contribution in [2.75, 3.05) is 0 Å². The van der Waals surface area contributed by atoms with Gasteiger partial charge in [0.25, 0.3) is 0 Å². The molecule has 4 rings (SSSR count). The van der Waals surface area contributed by atoms with Crippen LogP contribution in [0.15, 0.2) is 79.3 Å². The largest absolute Gasteiger partial charge is 0.306 e. The van der Waals surface area contributed by atoms with Gasteiger partial charge in [-0.1, -0.05) is 36.4 Å². The molecule has 2 aromatic carbocycles. The first kappa shape index (κ1) is 17.2. The van der Waals surface area contributed by atoms with Crippen LogP contribution in [0.3, 0.4) is 0 Å². The van der Waals surface area contributed by atoms with Gasteiger partial charge in [-0.2, -0.15) is 10.2 Å². The molecule has 136 valence electrons. The maximum atomic E-state index is 4.57. The number of nitrogens with one attached hydrogen (secondary N) is 1. The van der Waals surface area contributed by atoms with Crippen LogP contribution in [0.5, 0.6) is 0 Å². The van der Waals surface area contributed by atoms with E-state index in [1.165, 1.54) is 5.56 Å². The molecule has 0 aliphatic rings. The van der Waals surface area contributed by atoms with Crippen LogP contribution in [-0.4, -0.2) is 19.6 Å². The van der Waals surface area contributed by atoms with Crippen molar-refractivity contribution in [3.05, 3.63) is 96.1 Å². The Morgan fingerprint density at radius 3 is 2.26 bits per heavy atom. The van der Waals surface area contributed by atoms with Gasteiger partial charge in [-0.15, -0.1) is 0 Å². The monoisotopic (exact) mass is 357 g/mol. The summed E-state index contributed by atoms with van der Waals surface area (Å²) in [5.74, 6) is 0. The van der Waals surface area contributed by atoms with E-state index in [1.54, 1.807) is 0 Å². The third-order valence-electron chi connectivity index (χ3n) is 4.78. The Labute approximate surface area is 159 Å². The van der Waals surface area contributed by atoms with Crippen LogP contribution in [0.25, 0.3) is 11.4 Å².